The van der Waals surface area contributed by atoms with E-state index in [4.69, 9.17) is 0 Å². The lowest BCUT2D eigenvalue weighted by Gasteiger charge is -2.11. The molecule has 0 aromatic heterocycles. The summed E-state index contributed by atoms with van der Waals surface area (Å²) in [5.41, 5.74) is 2.69. The third-order valence-corrected chi connectivity index (χ3v) is 4.67. The first-order valence-corrected chi connectivity index (χ1v) is 8.87. The van der Waals surface area contributed by atoms with E-state index < -0.39 is 10.1 Å². The molecule has 2 aromatic carbocycles. The van der Waals surface area contributed by atoms with Crippen LogP contribution in [-0.2, 0) is 10.1 Å². The van der Waals surface area contributed by atoms with Crippen LogP contribution in [0.3, 0.4) is 0 Å². The molecule has 2 N–H and O–H groups in total. The van der Waals surface area contributed by atoms with Gasteiger partial charge in [-0.3, -0.25) is 4.55 Å². The van der Waals surface area contributed by atoms with E-state index in [2.05, 4.69) is 10.2 Å². The van der Waals surface area contributed by atoms with Gasteiger partial charge < -0.3 is 5.11 Å². The fraction of sp³-hybridized carbons (Fsp3) is 0.294. The minimum atomic E-state index is -4.33. The summed E-state index contributed by atoms with van der Waals surface area (Å²) < 4.78 is 32.2. The Morgan fingerprint density at radius 3 is 2.21 bits per heavy atom. The molecule has 6 nitrogen and oxygen atoms in total. The number of benzene rings is 2. The standard InChI is InChI=1S/C17H20N2O4S/c1-10(2)17-13(6-5-7-15(17)20)18-19-14-9-16(24(21,22)23)12(4)8-11(14)3/h5-10,20H,1-4H3,(H,21,22,23). The molecule has 0 aliphatic carbocycles. The Morgan fingerprint density at radius 2 is 1.62 bits per heavy atom. The zero-order valence-electron chi connectivity index (χ0n) is 14.0. The number of phenols is 1. The van der Waals surface area contributed by atoms with Crippen LogP contribution in [0.5, 0.6) is 5.75 Å². The van der Waals surface area contributed by atoms with Crippen molar-refractivity contribution in [2.75, 3.05) is 0 Å². The lowest BCUT2D eigenvalue weighted by Crippen LogP contribution is -2.01. The number of aryl methyl sites for hydroxylation is 2. The normalized spacial score (nSPS) is 12.2. The van der Waals surface area contributed by atoms with Gasteiger partial charge in [0.1, 0.15) is 5.75 Å². The highest BCUT2D eigenvalue weighted by Crippen LogP contribution is 2.36. The summed E-state index contributed by atoms with van der Waals surface area (Å²) in [7, 11) is -4.33. The van der Waals surface area contributed by atoms with Crippen LogP contribution >= 0.6 is 0 Å². The fourth-order valence-corrected chi connectivity index (χ4v) is 3.26. The van der Waals surface area contributed by atoms with E-state index in [0.29, 0.717) is 22.5 Å². The quantitative estimate of drug-likeness (QED) is 0.612. The van der Waals surface area contributed by atoms with Crippen molar-refractivity contribution in [1.82, 2.24) is 0 Å². The Balaban J connectivity index is 2.53. The number of hydrogen-bond acceptors (Lipinski definition) is 5. The van der Waals surface area contributed by atoms with Crippen LogP contribution in [0.4, 0.5) is 11.4 Å². The van der Waals surface area contributed by atoms with Crippen LogP contribution in [0, 0.1) is 13.8 Å². The van der Waals surface area contributed by atoms with Gasteiger partial charge in [-0.05, 0) is 49.1 Å². The summed E-state index contributed by atoms with van der Waals surface area (Å²) in [4.78, 5) is -0.193. The molecule has 0 aliphatic rings. The molecule has 0 saturated heterocycles. The van der Waals surface area contributed by atoms with Crippen molar-refractivity contribution in [1.29, 1.82) is 0 Å². The van der Waals surface area contributed by atoms with Crippen LogP contribution in [0.1, 0.15) is 36.5 Å². The number of azo groups is 1. The van der Waals surface area contributed by atoms with E-state index in [0.717, 1.165) is 5.56 Å². The van der Waals surface area contributed by atoms with E-state index in [1.807, 2.05) is 13.8 Å². The van der Waals surface area contributed by atoms with Crippen LogP contribution in [0.25, 0.3) is 0 Å². The van der Waals surface area contributed by atoms with Crippen molar-refractivity contribution in [2.24, 2.45) is 10.2 Å². The number of nitrogens with zero attached hydrogens (tertiary/aromatic N) is 2. The van der Waals surface area contributed by atoms with Gasteiger partial charge in [0.15, 0.2) is 0 Å². The Labute approximate surface area is 141 Å². The highest BCUT2D eigenvalue weighted by Gasteiger charge is 2.16. The molecule has 0 fully saturated rings. The van der Waals surface area contributed by atoms with Crippen LogP contribution in [0.15, 0.2) is 45.5 Å². The highest BCUT2D eigenvalue weighted by atomic mass is 32.2. The highest BCUT2D eigenvalue weighted by molar-refractivity contribution is 7.85. The van der Waals surface area contributed by atoms with Gasteiger partial charge in [-0.1, -0.05) is 26.0 Å². The molecule has 0 spiro atoms. The fourth-order valence-electron chi connectivity index (χ4n) is 2.53. The van der Waals surface area contributed by atoms with Crippen LogP contribution in [0.2, 0.25) is 0 Å². The summed E-state index contributed by atoms with van der Waals surface area (Å²) in [6, 6.07) is 7.90. The number of phenolic OH excluding ortho intramolecular Hbond substituents is 1. The van der Waals surface area contributed by atoms with E-state index in [1.165, 1.54) is 6.07 Å². The van der Waals surface area contributed by atoms with Gasteiger partial charge in [-0.2, -0.15) is 18.6 Å². The van der Waals surface area contributed by atoms with Gasteiger partial charge in [0.25, 0.3) is 10.1 Å². The second-order valence-electron chi connectivity index (χ2n) is 5.94. The predicted octanol–water partition coefficient (Wildman–Crippen LogP) is 4.79. The van der Waals surface area contributed by atoms with Gasteiger partial charge in [0.05, 0.1) is 16.3 Å². The largest absolute Gasteiger partial charge is 0.508 e. The third kappa shape index (κ3) is 3.80. The minimum Gasteiger partial charge on any atom is -0.508 e. The molecule has 0 bridgehead atoms. The van der Waals surface area contributed by atoms with Crippen molar-refractivity contribution >= 4 is 21.5 Å². The third-order valence-electron chi connectivity index (χ3n) is 3.67. The monoisotopic (exact) mass is 348 g/mol. The lowest BCUT2D eigenvalue weighted by molar-refractivity contribution is 0.465. The van der Waals surface area contributed by atoms with Crippen LogP contribution < -0.4 is 0 Å². The molecule has 0 amide bonds. The maximum Gasteiger partial charge on any atom is 0.294 e. The molecule has 0 heterocycles. The van der Waals surface area contributed by atoms with Crippen molar-refractivity contribution in [3.05, 3.63) is 47.0 Å². The van der Waals surface area contributed by atoms with Crippen molar-refractivity contribution < 1.29 is 18.1 Å². The van der Waals surface area contributed by atoms with Gasteiger partial charge in [0, 0.05) is 5.56 Å². The first-order chi connectivity index (χ1) is 11.1. The average Bonchev–Trinajstić information content (AvgIpc) is 2.44. The van der Waals surface area contributed by atoms with Gasteiger partial charge in [0.2, 0.25) is 0 Å². The zero-order chi connectivity index (χ0) is 18.1. The lowest BCUT2D eigenvalue weighted by atomic mass is 10.0. The molecule has 2 rings (SSSR count). The number of hydrogen-bond donors (Lipinski definition) is 2. The molecule has 0 unspecified atom stereocenters. The number of aromatic hydroxyl groups is 1. The molecule has 128 valence electrons. The maximum atomic E-state index is 11.4. The first-order valence-electron chi connectivity index (χ1n) is 7.43. The zero-order valence-corrected chi connectivity index (χ0v) is 14.8. The molecular weight excluding hydrogens is 328 g/mol. The summed E-state index contributed by atoms with van der Waals surface area (Å²) >= 11 is 0. The first kappa shape index (κ1) is 18.1. The topological polar surface area (TPSA) is 99.3 Å². The Bertz CT molecular complexity index is 903. The van der Waals surface area contributed by atoms with E-state index in [9.17, 15) is 18.1 Å². The second kappa shape index (κ2) is 6.70. The summed E-state index contributed by atoms with van der Waals surface area (Å²) in [5.74, 6) is 0.188. The molecule has 0 radical (unpaired) electrons. The van der Waals surface area contributed by atoms with E-state index >= 15 is 0 Å². The van der Waals surface area contributed by atoms with Gasteiger partial charge in [-0.15, -0.1) is 0 Å². The van der Waals surface area contributed by atoms with Crippen LogP contribution in [-0.4, -0.2) is 18.1 Å². The Morgan fingerprint density at radius 1 is 1.00 bits per heavy atom. The molecule has 0 atom stereocenters. The molecular formula is C17H20N2O4S. The molecule has 7 heteroatoms. The maximum absolute atomic E-state index is 11.4. The van der Waals surface area contributed by atoms with E-state index in [1.54, 1.807) is 38.1 Å². The SMILES string of the molecule is Cc1cc(C)c(S(=O)(=O)O)cc1N=Nc1cccc(O)c1C(C)C. The minimum absolute atomic E-state index is 0.0487. The average molecular weight is 348 g/mol. The van der Waals surface area contributed by atoms with Gasteiger partial charge in [-0.25, -0.2) is 0 Å². The smallest absolute Gasteiger partial charge is 0.294 e. The van der Waals surface area contributed by atoms with Gasteiger partial charge >= 0.3 is 0 Å². The van der Waals surface area contributed by atoms with Crippen molar-refractivity contribution in [3.63, 3.8) is 0 Å². The Hall–Kier alpha value is -2.25. The summed E-state index contributed by atoms with van der Waals surface area (Å²) in [6.07, 6.45) is 0. The van der Waals surface area contributed by atoms with Crippen molar-refractivity contribution in [2.45, 2.75) is 38.5 Å². The summed E-state index contributed by atoms with van der Waals surface area (Å²) in [6.45, 7) is 7.24. The van der Waals surface area contributed by atoms with Crippen molar-refractivity contribution in [3.8, 4) is 5.75 Å². The molecule has 2 aromatic rings. The second-order valence-corrected chi connectivity index (χ2v) is 7.33. The predicted molar refractivity (Wildman–Crippen MR) is 92.1 cm³/mol. The Kier molecular flexibility index (Phi) is 5.05. The number of rotatable bonds is 4. The molecule has 0 aliphatic heterocycles. The molecule has 24 heavy (non-hydrogen) atoms. The summed E-state index contributed by atoms with van der Waals surface area (Å²) in [5, 5.41) is 18.3. The molecule has 0 saturated carbocycles. The van der Waals surface area contributed by atoms with E-state index in [-0.39, 0.29) is 16.6 Å².